The lowest BCUT2D eigenvalue weighted by Crippen LogP contribution is -2.09. The summed E-state index contributed by atoms with van der Waals surface area (Å²) < 4.78 is 2.36. The van der Waals surface area contributed by atoms with E-state index in [1.165, 1.54) is 60.9 Å². The largest absolute Gasteiger partial charge is 0.310 e. The molecule has 50 heavy (non-hydrogen) atoms. The average Bonchev–Trinajstić information content (AvgIpc) is 3.53. The van der Waals surface area contributed by atoms with Gasteiger partial charge in [0, 0.05) is 33.5 Å². The molecule has 2 heteroatoms. The van der Waals surface area contributed by atoms with Crippen molar-refractivity contribution in [2.75, 3.05) is 4.90 Å². The van der Waals surface area contributed by atoms with Gasteiger partial charge < -0.3 is 9.47 Å². The number of benzene rings is 8. The molecule has 0 amide bonds. The lowest BCUT2D eigenvalue weighted by Gasteiger charge is -2.26. The standard InChI is InChI=1S/C48H34N2/c1-4-13-35(14-5-1)36-23-25-37(26-24-36)38-27-30-43(31-28-38)49(41-16-6-2-7-17-41)44-20-12-15-39(33-44)40-29-32-48-46(34-40)45-21-10-11-22-47(45)50(48)42-18-8-3-9-19-42/h1-34H. The molecular formula is C48H34N2. The highest BCUT2D eigenvalue weighted by Crippen LogP contribution is 2.39. The normalized spacial score (nSPS) is 11.2. The summed E-state index contributed by atoms with van der Waals surface area (Å²) in [5, 5.41) is 2.50. The quantitative estimate of drug-likeness (QED) is 0.169. The Hall–Kier alpha value is -6.64. The van der Waals surface area contributed by atoms with Crippen LogP contribution in [0.2, 0.25) is 0 Å². The Morgan fingerprint density at radius 2 is 0.740 bits per heavy atom. The van der Waals surface area contributed by atoms with Gasteiger partial charge >= 0.3 is 0 Å². The summed E-state index contributed by atoms with van der Waals surface area (Å²) in [6.07, 6.45) is 0. The second-order valence-electron chi connectivity index (χ2n) is 12.6. The number of hydrogen-bond donors (Lipinski definition) is 0. The summed E-state index contributed by atoms with van der Waals surface area (Å²) in [6, 6.07) is 74.0. The van der Waals surface area contributed by atoms with E-state index in [-0.39, 0.29) is 0 Å². The number of anilines is 3. The van der Waals surface area contributed by atoms with E-state index in [4.69, 9.17) is 0 Å². The van der Waals surface area contributed by atoms with Crippen molar-refractivity contribution in [3.8, 4) is 39.1 Å². The SMILES string of the molecule is c1ccc(-c2ccc(-c3ccc(N(c4ccccc4)c4cccc(-c5ccc6c(c5)c5ccccc5n6-c5ccccc5)c4)cc3)cc2)cc1. The van der Waals surface area contributed by atoms with Crippen molar-refractivity contribution >= 4 is 38.9 Å². The Morgan fingerprint density at radius 1 is 0.280 bits per heavy atom. The molecule has 0 saturated carbocycles. The molecule has 0 aliphatic heterocycles. The fraction of sp³-hybridized carbons (Fsp3) is 0. The Bertz CT molecular complexity index is 2550. The van der Waals surface area contributed by atoms with Gasteiger partial charge in [-0.25, -0.2) is 0 Å². The van der Waals surface area contributed by atoms with E-state index >= 15 is 0 Å². The number of para-hydroxylation sites is 3. The van der Waals surface area contributed by atoms with E-state index in [1.807, 2.05) is 0 Å². The minimum absolute atomic E-state index is 1.11. The van der Waals surface area contributed by atoms with Crippen LogP contribution in [0.1, 0.15) is 0 Å². The molecule has 236 valence electrons. The second kappa shape index (κ2) is 12.8. The Kier molecular flexibility index (Phi) is 7.53. The fourth-order valence-corrected chi connectivity index (χ4v) is 7.15. The summed E-state index contributed by atoms with van der Waals surface area (Å²) in [6.45, 7) is 0. The summed E-state index contributed by atoms with van der Waals surface area (Å²) in [5.41, 5.74) is 14.1. The maximum absolute atomic E-state index is 2.36. The van der Waals surface area contributed by atoms with Gasteiger partial charge in [0.15, 0.2) is 0 Å². The van der Waals surface area contributed by atoms with Crippen molar-refractivity contribution in [3.05, 3.63) is 206 Å². The Labute approximate surface area is 292 Å². The van der Waals surface area contributed by atoms with Gasteiger partial charge in [-0.1, -0.05) is 140 Å². The van der Waals surface area contributed by atoms with Crippen LogP contribution in [0, 0.1) is 0 Å². The third-order valence-electron chi connectivity index (χ3n) is 9.59. The number of rotatable bonds is 7. The van der Waals surface area contributed by atoms with Gasteiger partial charge in [0.1, 0.15) is 0 Å². The molecule has 8 aromatic carbocycles. The van der Waals surface area contributed by atoms with E-state index < -0.39 is 0 Å². The predicted octanol–water partition coefficient (Wildman–Crippen LogP) is 13.3. The third-order valence-corrected chi connectivity index (χ3v) is 9.59. The van der Waals surface area contributed by atoms with Crippen molar-refractivity contribution < 1.29 is 0 Å². The van der Waals surface area contributed by atoms with E-state index in [1.54, 1.807) is 0 Å². The highest BCUT2D eigenvalue weighted by Gasteiger charge is 2.16. The minimum Gasteiger partial charge on any atom is -0.310 e. The molecule has 1 aromatic heterocycles. The Morgan fingerprint density at radius 3 is 1.44 bits per heavy atom. The predicted molar refractivity (Wildman–Crippen MR) is 212 cm³/mol. The van der Waals surface area contributed by atoms with Gasteiger partial charge in [-0.2, -0.15) is 0 Å². The summed E-state index contributed by atoms with van der Waals surface area (Å²) in [7, 11) is 0. The van der Waals surface area contributed by atoms with Crippen LogP contribution >= 0.6 is 0 Å². The number of aromatic nitrogens is 1. The van der Waals surface area contributed by atoms with Crippen molar-refractivity contribution in [1.29, 1.82) is 0 Å². The van der Waals surface area contributed by atoms with E-state index in [0.29, 0.717) is 0 Å². The van der Waals surface area contributed by atoms with Gasteiger partial charge in [-0.15, -0.1) is 0 Å². The molecule has 0 aliphatic carbocycles. The van der Waals surface area contributed by atoms with Gasteiger partial charge in [0.05, 0.1) is 11.0 Å². The van der Waals surface area contributed by atoms with Crippen LogP contribution in [-0.2, 0) is 0 Å². The van der Waals surface area contributed by atoms with Crippen LogP contribution in [0.3, 0.4) is 0 Å². The zero-order valence-corrected chi connectivity index (χ0v) is 27.5. The van der Waals surface area contributed by atoms with Crippen LogP contribution in [0.25, 0.3) is 60.9 Å². The molecule has 0 atom stereocenters. The van der Waals surface area contributed by atoms with E-state index in [9.17, 15) is 0 Å². The van der Waals surface area contributed by atoms with E-state index in [2.05, 4.69) is 216 Å². The summed E-state index contributed by atoms with van der Waals surface area (Å²) in [4.78, 5) is 2.34. The van der Waals surface area contributed by atoms with Crippen molar-refractivity contribution in [2.45, 2.75) is 0 Å². The lowest BCUT2D eigenvalue weighted by molar-refractivity contribution is 1.18. The highest BCUT2D eigenvalue weighted by molar-refractivity contribution is 6.10. The van der Waals surface area contributed by atoms with Crippen molar-refractivity contribution in [3.63, 3.8) is 0 Å². The molecule has 0 spiro atoms. The van der Waals surface area contributed by atoms with E-state index in [0.717, 1.165) is 17.1 Å². The molecule has 1 heterocycles. The zero-order valence-electron chi connectivity index (χ0n) is 27.5. The molecule has 9 aromatic rings. The van der Waals surface area contributed by atoms with Crippen LogP contribution in [0.4, 0.5) is 17.1 Å². The topological polar surface area (TPSA) is 8.17 Å². The van der Waals surface area contributed by atoms with Crippen molar-refractivity contribution in [1.82, 2.24) is 4.57 Å². The van der Waals surface area contributed by atoms with Crippen molar-refractivity contribution in [2.24, 2.45) is 0 Å². The molecule has 0 unspecified atom stereocenters. The monoisotopic (exact) mass is 638 g/mol. The smallest absolute Gasteiger partial charge is 0.0541 e. The molecule has 0 fully saturated rings. The molecule has 0 N–H and O–H groups in total. The first-order valence-corrected chi connectivity index (χ1v) is 17.1. The molecule has 0 aliphatic rings. The number of fused-ring (bicyclic) bond motifs is 3. The van der Waals surface area contributed by atoms with Crippen LogP contribution < -0.4 is 4.90 Å². The fourth-order valence-electron chi connectivity index (χ4n) is 7.15. The first-order chi connectivity index (χ1) is 24.8. The number of nitrogens with zero attached hydrogens (tertiary/aromatic N) is 2. The van der Waals surface area contributed by atoms with Crippen LogP contribution in [-0.4, -0.2) is 4.57 Å². The van der Waals surface area contributed by atoms with Gasteiger partial charge in [-0.05, 0) is 100 Å². The van der Waals surface area contributed by atoms with Gasteiger partial charge in [0.25, 0.3) is 0 Å². The van der Waals surface area contributed by atoms with Gasteiger partial charge in [0.2, 0.25) is 0 Å². The van der Waals surface area contributed by atoms with Gasteiger partial charge in [-0.3, -0.25) is 0 Å². The highest BCUT2D eigenvalue weighted by atomic mass is 15.1. The minimum atomic E-state index is 1.11. The Balaban J connectivity index is 1.09. The average molecular weight is 639 g/mol. The zero-order chi connectivity index (χ0) is 33.3. The maximum atomic E-state index is 2.36. The second-order valence-corrected chi connectivity index (χ2v) is 12.6. The van der Waals surface area contributed by atoms with Crippen LogP contribution in [0.15, 0.2) is 206 Å². The molecule has 0 saturated heterocycles. The van der Waals surface area contributed by atoms with Crippen LogP contribution in [0.5, 0.6) is 0 Å². The maximum Gasteiger partial charge on any atom is 0.0541 e. The molecule has 0 radical (unpaired) electrons. The third kappa shape index (κ3) is 5.43. The molecular weight excluding hydrogens is 605 g/mol. The first-order valence-electron chi connectivity index (χ1n) is 17.1. The molecule has 9 rings (SSSR count). The summed E-state index contributed by atoms with van der Waals surface area (Å²) >= 11 is 0. The molecule has 2 nitrogen and oxygen atoms in total. The summed E-state index contributed by atoms with van der Waals surface area (Å²) in [5.74, 6) is 0. The lowest BCUT2D eigenvalue weighted by atomic mass is 10.00. The first kappa shape index (κ1) is 29.5. The molecule has 0 bridgehead atoms. The number of hydrogen-bond acceptors (Lipinski definition) is 1.